The van der Waals surface area contributed by atoms with Crippen molar-refractivity contribution < 1.29 is 27.5 Å². The molecule has 0 unspecified atom stereocenters. The highest BCUT2D eigenvalue weighted by molar-refractivity contribution is 5.68. The number of alkyl carbamates (subject to hydrolysis) is 1. The van der Waals surface area contributed by atoms with Crippen LogP contribution in [0, 0.1) is 0 Å². The summed E-state index contributed by atoms with van der Waals surface area (Å²) in [7, 11) is 0. The first kappa shape index (κ1) is 16.0. The van der Waals surface area contributed by atoms with Crippen LogP contribution >= 0.6 is 0 Å². The molecule has 0 aromatic rings. The van der Waals surface area contributed by atoms with Gasteiger partial charge in [0.15, 0.2) is 6.61 Å². The summed E-state index contributed by atoms with van der Waals surface area (Å²) in [6.45, 7) is 3.93. The van der Waals surface area contributed by atoms with Crippen LogP contribution < -0.4 is 10.8 Å². The zero-order valence-electron chi connectivity index (χ0n) is 11.1. The maximum absolute atomic E-state index is 11.8. The van der Waals surface area contributed by atoms with Crippen molar-refractivity contribution in [1.29, 1.82) is 0 Å². The van der Waals surface area contributed by atoms with Gasteiger partial charge >= 0.3 is 12.3 Å². The quantitative estimate of drug-likeness (QED) is 0.776. The van der Waals surface area contributed by atoms with Crippen LogP contribution in [0.25, 0.3) is 0 Å². The minimum atomic E-state index is -4.34. The third-order valence-corrected chi connectivity index (χ3v) is 2.34. The fraction of sp³-hybridized carbons (Fsp3) is 0.909. The third kappa shape index (κ3) is 7.22. The van der Waals surface area contributed by atoms with E-state index in [0.29, 0.717) is 12.8 Å². The molecule has 0 aromatic carbocycles. The average molecular weight is 284 g/mol. The monoisotopic (exact) mass is 284 g/mol. The van der Waals surface area contributed by atoms with Crippen LogP contribution in [0.4, 0.5) is 18.0 Å². The number of alkyl halides is 3. The molecule has 0 aromatic heterocycles. The zero-order chi connectivity index (χ0) is 14.7. The van der Waals surface area contributed by atoms with Gasteiger partial charge in [-0.15, -0.1) is 0 Å². The number of hydrogen-bond donors (Lipinski definition) is 2. The highest BCUT2D eigenvalue weighted by Crippen LogP contribution is 2.21. The minimum Gasteiger partial charge on any atom is -0.444 e. The fourth-order valence-electron chi connectivity index (χ4n) is 1.55. The number of hydroxylamine groups is 1. The van der Waals surface area contributed by atoms with Crippen LogP contribution in [0.5, 0.6) is 0 Å². The molecule has 1 fully saturated rings. The van der Waals surface area contributed by atoms with Crippen molar-refractivity contribution in [3.8, 4) is 0 Å². The van der Waals surface area contributed by atoms with Crippen molar-refractivity contribution in [3.05, 3.63) is 0 Å². The molecule has 19 heavy (non-hydrogen) atoms. The molecular formula is C11H19F3N2O3. The summed E-state index contributed by atoms with van der Waals surface area (Å²) in [6, 6.07) is -0.274. The first-order chi connectivity index (χ1) is 8.55. The second-order valence-electron chi connectivity index (χ2n) is 5.53. The molecule has 1 rings (SSSR count). The van der Waals surface area contributed by atoms with Gasteiger partial charge in [0, 0.05) is 12.1 Å². The van der Waals surface area contributed by atoms with Gasteiger partial charge in [-0.25, -0.2) is 4.79 Å². The lowest BCUT2D eigenvalue weighted by molar-refractivity contribution is -0.195. The molecule has 0 spiro atoms. The molecule has 1 aliphatic carbocycles. The molecule has 0 radical (unpaired) electrons. The SMILES string of the molecule is CC(C)(C)OC(=O)NC1CC(NOCC(F)(F)F)C1. The molecule has 1 aliphatic rings. The van der Waals surface area contributed by atoms with Gasteiger partial charge in [0.05, 0.1) is 0 Å². The molecular weight excluding hydrogens is 265 g/mol. The lowest BCUT2D eigenvalue weighted by Gasteiger charge is -2.36. The average Bonchev–Trinajstić information content (AvgIpc) is 2.08. The molecule has 5 nitrogen and oxygen atoms in total. The third-order valence-electron chi connectivity index (χ3n) is 2.34. The Balaban J connectivity index is 2.09. The summed E-state index contributed by atoms with van der Waals surface area (Å²) in [4.78, 5) is 15.7. The van der Waals surface area contributed by atoms with Crippen LogP contribution in [0.2, 0.25) is 0 Å². The summed E-state index contributed by atoms with van der Waals surface area (Å²) < 4.78 is 40.4. The number of nitrogens with one attached hydrogen (secondary N) is 2. The van der Waals surface area contributed by atoms with Gasteiger partial charge in [-0.3, -0.25) is 4.84 Å². The Labute approximate surface area is 109 Å². The molecule has 0 heterocycles. The van der Waals surface area contributed by atoms with Crippen molar-refractivity contribution in [1.82, 2.24) is 10.8 Å². The Kier molecular flexibility index (Phi) is 5.03. The lowest BCUT2D eigenvalue weighted by Crippen LogP contribution is -2.53. The van der Waals surface area contributed by atoms with Crippen LogP contribution in [-0.4, -0.2) is 36.6 Å². The second-order valence-corrected chi connectivity index (χ2v) is 5.53. The summed E-state index contributed by atoms with van der Waals surface area (Å²) in [6.07, 6.45) is -3.84. The molecule has 112 valence electrons. The Bertz CT molecular complexity index is 309. The van der Waals surface area contributed by atoms with Gasteiger partial charge in [-0.2, -0.15) is 18.7 Å². The van der Waals surface area contributed by atoms with E-state index in [1.54, 1.807) is 20.8 Å². The smallest absolute Gasteiger partial charge is 0.413 e. The van der Waals surface area contributed by atoms with Crippen molar-refractivity contribution >= 4 is 6.09 Å². The Morgan fingerprint density at radius 1 is 1.21 bits per heavy atom. The maximum atomic E-state index is 11.8. The Morgan fingerprint density at radius 2 is 1.79 bits per heavy atom. The van der Waals surface area contributed by atoms with Crippen molar-refractivity contribution in [2.75, 3.05) is 6.61 Å². The number of rotatable bonds is 4. The van der Waals surface area contributed by atoms with Crippen LogP contribution in [-0.2, 0) is 9.57 Å². The molecule has 0 aliphatic heterocycles. The molecule has 8 heteroatoms. The first-order valence-electron chi connectivity index (χ1n) is 5.99. The molecule has 1 amide bonds. The predicted molar refractivity (Wildman–Crippen MR) is 61.3 cm³/mol. The van der Waals surface area contributed by atoms with Crippen molar-refractivity contribution in [2.24, 2.45) is 0 Å². The van der Waals surface area contributed by atoms with E-state index in [1.807, 2.05) is 0 Å². The van der Waals surface area contributed by atoms with Crippen LogP contribution in [0.3, 0.4) is 0 Å². The van der Waals surface area contributed by atoms with E-state index in [2.05, 4.69) is 15.6 Å². The summed E-state index contributed by atoms with van der Waals surface area (Å²) in [5, 5.41) is 2.63. The van der Waals surface area contributed by atoms with Gasteiger partial charge in [0.1, 0.15) is 5.60 Å². The van der Waals surface area contributed by atoms with E-state index < -0.39 is 24.5 Å². The first-order valence-corrected chi connectivity index (χ1v) is 5.99. The summed E-state index contributed by atoms with van der Waals surface area (Å²) in [5.41, 5.74) is 1.75. The van der Waals surface area contributed by atoms with Crippen molar-refractivity contribution in [3.63, 3.8) is 0 Å². The molecule has 1 saturated carbocycles. The zero-order valence-corrected chi connectivity index (χ0v) is 11.1. The van der Waals surface area contributed by atoms with Gasteiger partial charge in [0.25, 0.3) is 0 Å². The topological polar surface area (TPSA) is 59.6 Å². The van der Waals surface area contributed by atoms with Gasteiger partial charge in [0.2, 0.25) is 0 Å². The van der Waals surface area contributed by atoms with Crippen LogP contribution in [0.15, 0.2) is 0 Å². The lowest BCUT2D eigenvalue weighted by atomic mass is 9.87. The normalized spacial score (nSPS) is 23.7. The van der Waals surface area contributed by atoms with Crippen molar-refractivity contribution in [2.45, 2.75) is 57.5 Å². The van der Waals surface area contributed by atoms with E-state index in [1.165, 1.54) is 0 Å². The number of amides is 1. The molecule has 0 atom stereocenters. The molecule has 0 bridgehead atoms. The highest BCUT2D eigenvalue weighted by Gasteiger charge is 2.33. The Hall–Kier alpha value is -1.02. The largest absolute Gasteiger partial charge is 0.444 e. The van der Waals surface area contributed by atoms with E-state index in [9.17, 15) is 18.0 Å². The Morgan fingerprint density at radius 3 is 2.26 bits per heavy atom. The van der Waals surface area contributed by atoms with E-state index >= 15 is 0 Å². The summed E-state index contributed by atoms with van der Waals surface area (Å²) in [5.74, 6) is 0. The van der Waals surface area contributed by atoms with E-state index in [-0.39, 0.29) is 12.1 Å². The van der Waals surface area contributed by atoms with E-state index in [4.69, 9.17) is 4.74 Å². The van der Waals surface area contributed by atoms with Gasteiger partial charge in [-0.1, -0.05) is 0 Å². The fourth-order valence-corrected chi connectivity index (χ4v) is 1.55. The van der Waals surface area contributed by atoms with E-state index in [0.717, 1.165) is 0 Å². The standard InChI is InChI=1S/C11H19F3N2O3/c1-10(2,3)19-9(17)15-7-4-8(5-7)16-18-6-11(12,13)14/h7-8,16H,4-6H2,1-3H3,(H,15,17). The second kappa shape index (κ2) is 5.96. The number of halogens is 3. The predicted octanol–water partition coefficient (Wildman–Crippen LogP) is 2.13. The highest BCUT2D eigenvalue weighted by atomic mass is 19.4. The number of carbonyl (C=O) groups is 1. The minimum absolute atomic E-state index is 0.0955. The van der Waals surface area contributed by atoms with Gasteiger partial charge < -0.3 is 10.1 Å². The van der Waals surface area contributed by atoms with Gasteiger partial charge in [-0.05, 0) is 33.6 Å². The number of ether oxygens (including phenoxy) is 1. The number of hydrogen-bond acceptors (Lipinski definition) is 4. The summed E-state index contributed by atoms with van der Waals surface area (Å²) >= 11 is 0. The molecule has 2 N–H and O–H groups in total. The number of carbonyl (C=O) groups excluding carboxylic acids is 1. The maximum Gasteiger partial charge on any atom is 0.413 e. The molecule has 0 saturated heterocycles. The van der Waals surface area contributed by atoms with Crippen LogP contribution in [0.1, 0.15) is 33.6 Å².